The van der Waals surface area contributed by atoms with Crippen molar-refractivity contribution in [2.45, 2.75) is 39.2 Å². The van der Waals surface area contributed by atoms with E-state index in [9.17, 15) is 14.4 Å². The Kier molecular flexibility index (Phi) is 5.35. The fraction of sp³-hybridized carbons (Fsp3) is 0.769. The van der Waals surface area contributed by atoms with E-state index in [1.807, 2.05) is 0 Å². The van der Waals surface area contributed by atoms with E-state index >= 15 is 0 Å². The number of rotatable bonds is 5. The Morgan fingerprint density at radius 2 is 2.05 bits per heavy atom. The second kappa shape index (κ2) is 6.58. The number of carboxylic acids is 1. The predicted octanol–water partition coefficient (Wildman–Crippen LogP) is 0.834. The Hall–Kier alpha value is -1.79. The molecule has 0 aromatic carbocycles. The third-order valence-electron chi connectivity index (χ3n) is 3.43. The topological polar surface area (TPSA) is 95.9 Å². The summed E-state index contributed by atoms with van der Waals surface area (Å²) in [5.74, 6) is -1.64. The molecule has 1 fully saturated rings. The van der Waals surface area contributed by atoms with E-state index in [0.717, 1.165) is 6.42 Å². The molecule has 2 amide bonds. The molecule has 0 bridgehead atoms. The maximum absolute atomic E-state index is 12.0. The Bertz CT molecular complexity index is 394. The highest BCUT2D eigenvalue weighted by Gasteiger charge is 2.33. The summed E-state index contributed by atoms with van der Waals surface area (Å²) in [4.78, 5) is 35.7. The van der Waals surface area contributed by atoms with Crippen LogP contribution in [0.25, 0.3) is 0 Å². The van der Waals surface area contributed by atoms with Crippen LogP contribution in [-0.4, -0.2) is 54.2 Å². The number of nitrogens with zero attached hydrogens (tertiary/aromatic N) is 1. The molecule has 7 nitrogen and oxygen atoms in total. The average Bonchev–Trinajstić information content (AvgIpc) is 2.73. The molecule has 7 heteroatoms. The van der Waals surface area contributed by atoms with Crippen molar-refractivity contribution in [2.75, 3.05) is 20.2 Å². The minimum absolute atomic E-state index is 0.0188. The van der Waals surface area contributed by atoms with Gasteiger partial charge in [0, 0.05) is 19.5 Å². The maximum Gasteiger partial charge on any atom is 0.326 e. The van der Waals surface area contributed by atoms with Crippen molar-refractivity contribution in [1.82, 2.24) is 10.2 Å². The smallest absolute Gasteiger partial charge is 0.326 e. The third-order valence-corrected chi connectivity index (χ3v) is 3.43. The lowest BCUT2D eigenvalue weighted by Gasteiger charge is -2.22. The number of hydrogen-bond donors (Lipinski definition) is 2. The number of likely N-dealkylation sites (tertiary alicyclic amines) is 1. The van der Waals surface area contributed by atoms with Gasteiger partial charge in [0.1, 0.15) is 6.04 Å². The summed E-state index contributed by atoms with van der Waals surface area (Å²) < 4.78 is 4.46. The summed E-state index contributed by atoms with van der Waals surface area (Å²) in [5.41, 5.74) is 0.0576. The number of methoxy groups -OCH3 is 1. The van der Waals surface area contributed by atoms with Crippen molar-refractivity contribution in [3.63, 3.8) is 0 Å². The zero-order chi connectivity index (χ0) is 15.3. The second-order valence-corrected chi connectivity index (χ2v) is 5.79. The molecule has 1 aliphatic heterocycles. The first kappa shape index (κ1) is 16.3. The van der Waals surface area contributed by atoms with Gasteiger partial charge in [-0.25, -0.2) is 9.59 Å². The maximum atomic E-state index is 12.0. The highest BCUT2D eigenvalue weighted by Crippen LogP contribution is 2.28. The number of esters is 1. The molecule has 1 atom stereocenters. The average molecular weight is 286 g/mol. The summed E-state index contributed by atoms with van der Waals surface area (Å²) in [6, 6.07) is -1.47. The van der Waals surface area contributed by atoms with Crippen LogP contribution in [0.15, 0.2) is 0 Å². The molecule has 2 N–H and O–H groups in total. The minimum atomic E-state index is -1.15. The van der Waals surface area contributed by atoms with Gasteiger partial charge in [0.2, 0.25) is 0 Å². The SMILES string of the molecule is COC(=O)CC[C@@H](NC(=O)N1CCC(C)(C)C1)C(=O)O. The molecule has 1 heterocycles. The van der Waals surface area contributed by atoms with Crippen molar-refractivity contribution in [3.05, 3.63) is 0 Å². The summed E-state index contributed by atoms with van der Waals surface area (Å²) in [6.07, 6.45) is 0.866. The van der Waals surface area contributed by atoms with Gasteiger partial charge in [0.15, 0.2) is 0 Å². The van der Waals surface area contributed by atoms with Crippen LogP contribution < -0.4 is 5.32 Å². The summed E-state index contributed by atoms with van der Waals surface area (Å²) in [6.45, 7) is 5.34. The predicted molar refractivity (Wildman–Crippen MR) is 71.2 cm³/mol. The minimum Gasteiger partial charge on any atom is -0.480 e. The molecule has 0 aliphatic carbocycles. The van der Waals surface area contributed by atoms with Gasteiger partial charge in [-0.15, -0.1) is 0 Å². The van der Waals surface area contributed by atoms with E-state index in [-0.39, 0.29) is 18.3 Å². The number of nitrogens with one attached hydrogen (secondary N) is 1. The Morgan fingerprint density at radius 1 is 1.40 bits per heavy atom. The molecule has 1 rings (SSSR count). The van der Waals surface area contributed by atoms with Crippen molar-refractivity contribution >= 4 is 18.0 Å². The molecule has 0 spiro atoms. The molecule has 1 saturated heterocycles. The first-order chi connectivity index (χ1) is 9.25. The Balaban J connectivity index is 2.51. The van der Waals surface area contributed by atoms with Gasteiger partial charge >= 0.3 is 18.0 Å². The molecule has 0 aromatic rings. The van der Waals surface area contributed by atoms with Crippen LogP contribution in [0.2, 0.25) is 0 Å². The van der Waals surface area contributed by atoms with Crippen LogP contribution in [0.4, 0.5) is 4.79 Å². The van der Waals surface area contributed by atoms with E-state index in [4.69, 9.17) is 5.11 Å². The first-order valence-electron chi connectivity index (χ1n) is 6.60. The molecule has 0 saturated carbocycles. The van der Waals surface area contributed by atoms with Crippen LogP contribution in [0, 0.1) is 5.41 Å². The molecular weight excluding hydrogens is 264 g/mol. The van der Waals surface area contributed by atoms with Crippen molar-refractivity contribution < 1.29 is 24.2 Å². The van der Waals surface area contributed by atoms with Crippen LogP contribution in [0.1, 0.15) is 33.1 Å². The molecule has 0 radical (unpaired) electrons. The number of urea groups is 1. The number of hydrogen-bond acceptors (Lipinski definition) is 4. The van der Waals surface area contributed by atoms with Gasteiger partial charge in [-0.2, -0.15) is 0 Å². The van der Waals surface area contributed by atoms with Gasteiger partial charge in [0.25, 0.3) is 0 Å². The highest BCUT2D eigenvalue weighted by atomic mass is 16.5. The molecule has 1 aliphatic rings. The number of ether oxygens (including phenoxy) is 1. The summed E-state index contributed by atoms with van der Waals surface area (Å²) >= 11 is 0. The van der Waals surface area contributed by atoms with Gasteiger partial charge in [-0.1, -0.05) is 13.8 Å². The van der Waals surface area contributed by atoms with Gasteiger partial charge in [0.05, 0.1) is 7.11 Å². The highest BCUT2D eigenvalue weighted by molar-refractivity contribution is 5.83. The van der Waals surface area contributed by atoms with Crippen LogP contribution >= 0.6 is 0 Å². The van der Waals surface area contributed by atoms with Gasteiger partial charge in [-0.05, 0) is 18.3 Å². The van der Waals surface area contributed by atoms with E-state index in [2.05, 4.69) is 23.9 Å². The van der Waals surface area contributed by atoms with Crippen LogP contribution in [-0.2, 0) is 14.3 Å². The Labute approximate surface area is 118 Å². The fourth-order valence-electron chi connectivity index (χ4n) is 2.15. The molecule has 0 aromatic heterocycles. The van der Waals surface area contributed by atoms with Crippen molar-refractivity contribution in [2.24, 2.45) is 5.41 Å². The molecule has 114 valence electrons. The number of amides is 2. The normalized spacial score (nSPS) is 18.4. The lowest BCUT2D eigenvalue weighted by molar-refractivity contribution is -0.142. The van der Waals surface area contributed by atoms with Crippen molar-refractivity contribution in [3.8, 4) is 0 Å². The largest absolute Gasteiger partial charge is 0.480 e. The van der Waals surface area contributed by atoms with Crippen molar-refractivity contribution in [1.29, 1.82) is 0 Å². The summed E-state index contributed by atoms with van der Waals surface area (Å²) in [5, 5.41) is 11.5. The quantitative estimate of drug-likeness (QED) is 0.730. The Morgan fingerprint density at radius 3 is 2.50 bits per heavy atom. The number of carboxylic acid groups (broad SMARTS) is 1. The zero-order valence-electron chi connectivity index (χ0n) is 12.1. The van der Waals surface area contributed by atoms with Gasteiger partial charge in [-0.3, -0.25) is 4.79 Å². The number of aliphatic carboxylic acids is 1. The molecule has 0 unspecified atom stereocenters. The van der Waals surface area contributed by atoms with Gasteiger partial charge < -0.3 is 20.1 Å². The number of carbonyl (C=O) groups is 3. The third kappa shape index (κ3) is 4.71. The van der Waals surface area contributed by atoms with E-state index in [0.29, 0.717) is 13.1 Å². The lowest BCUT2D eigenvalue weighted by atomic mass is 9.93. The fourth-order valence-corrected chi connectivity index (χ4v) is 2.15. The number of carbonyl (C=O) groups excluding carboxylic acids is 2. The van der Waals surface area contributed by atoms with Crippen LogP contribution in [0.3, 0.4) is 0 Å². The van der Waals surface area contributed by atoms with E-state index in [1.165, 1.54) is 7.11 Å². The van der Waals surface area contributed by atoms with E-state index < -0.39 is 24.0 Å². The molecular formula is C13H22N2O5. The summed E-state index contributed by atoms with van der Waals surface area (Å²) in [7, 11) is 1.24. The second-order valence-electron chi connectivity index (χ2n) is 5.79. The first-order valence-corrected chi connectivity index (χ1v) is 6.60. The zero-order valence-corrected chi connectivity index (χ0v) is 12.1. The lowest BCUT2D eigenvalue weighted by Crippen LogP contribution is -2.47. The van der Waals surface area contributed by atoms with E-state index in [1.54, 1.807) is 4.90 Å². The standard InChI is InChI=1S/C13H22N2O5/c1-13(2)6-7-15(8-13)12(19)14-9(11(17)18)4-5-10(16)20-3/h9H,4-8H2,1-3H3,(H,14,19)(H,17,18)/t9-/m1/s1. The monoisotopic (exact) mass is 286 g/mol. The molecule has 20 heavy (non-hydrogen) atoms. The van der Waals surface area contributed by atoms with Crippen LogP contribution in [0.5, 0.6) is 0 Å².